The molecule has 1 N–H and O–H groups in total. The topological polar surface area (TPSA) is 37.3 Å². The van der Waals surface area contributed by atoms with E-state index in [-0.39, 0.29) is 11.5 Å². The van der Waals surface area contributed by atoms with Gasteiger partial charge in [-0.2, -0.15) is 0 Å². The Kier molecular flexibility index (Phi) is 1.19. The number of rotatable bonds is 1. The number of ketones is 1. The summed E-state index contributed by atoms with van der Waals surface area (Å²) in [4.78, 5) is 10.9. The maximum atomic E-state index is 10.9. The first-order valence-electron chi connectivity index (χ1n) is 3.90. The van der Waals surface area contributed by atoms with Crippen LogP contribution in [0.15, 0.2) is 22.5 Å². The molecule has 2 aliphatic carbocycles. The first-order chi connectivity index (χ1) is 5.24. The van der Waals surface area contributed by atoms with Crippen LogP contribution in [-0.4, -0.2) is 10.9 Å². The molecule has 0 aromatic heterocycles. The van der Waals surface area contributed by atoms with Crippen molar-refractivity contribution in [1.82, 2.24) is 0 Å². The summed E-state index contributed by atoms with van der Waals surface area (Å²) in [6.07, 6.45) is 2.26. The molecule has 0 radical (unpaired) electrons. The predicted octanol–water partition coefficient (Wildman–Crippen LogP) is 1.88. The van der Waals surface area contributed by atoms with Crippen molar-refractivity contribution in [2.45, 2.75) is 26.2 Å². The number of allylic oxidation sites excluding steroid dienone is 3. The Bertz CT molecular complexity index is 295. The Morgan fingerprint density at radius 1 is 1.45 bits per heavy atom. The van der Waals surface area contributed by atoms with Crippen LogP contribution in [0.3, 0.4) is 0 Å². The summed E-state index contributed by atoms with van der Waals surface area (Å²) in [5, 5.41) is 9.45. The average molecular weight is 150 g/mol. The van der Waals surface area contributed by atoms with Gasteiger partial charge in [-0.3, -0.25) is 4.79 Å². The lowest BCUT2D eigenvalue weighted by Crippen LogP contribution is -2.15. The molecule has 0 amide bonds. The van der Waals surface area contributed by atoms with Crippen LogP contribution >= 0.6 is 0 Å². The number of carbonyl (C=O) groups is 1. The predicted molar refractivity (Wildman–Crippen MR) is 41.2 cm³/mol. The summed E-state index contributed by atoms with van der Waals surface area (Å²) in [5.74, 6) is 0.389. The van der Waals surface area contributed by atoms with E-state index in [1.807, 2.05) is 6.92 Å². The summed E-state index contributed by atoms with van der Waals surface area (Å²) in [6, 6.07) is 0. The van der Waals surface area contributed by atoms with E-state index in [9.17, 15) is 9.90 Å². The van der Waals surface area contributed by atoms with E-state index in [4.69, 9.17) is 0 Å². The molecule has 0 atom stereocenters. The number of Topliss-reactive ketones (excluding diaryl/α,β-unsaturated/α-hetero) is 1. The lowest BCUT2D eigenvalue weighted by Gasteiger charge is -2.14. The Balaban J connectivity index is 2.37. The summed E-state index contributed by atoms with van der Waals surface area (Å²) in [7, 11) is 0. The van der Waals surface area contributed by atoms with Crippen molar-refractivity contribution in [3.8, 4) is 0 Å². The van der Waals surface area contributed by atoms with Gasteiger partial charge < -0.3 is 5.11 Å². The zero-order valence-electron chi connectivity index (χ0n) is 6.48. The summed E-state index contributed by atoms with van der Waals surface area (Å²) in [5.41, 5.74) is 2.80. The zero-order valence-corrected chi connectivity index (χ0v) is 6.48. The van der Waals surface area contributed by atoms with Crippen molar-refractivity contribution in [2.75, 3.05) is 0 Å². The van der Waals surface area contributed by atoms with Gasteiger partial charge in [-0.05, 0) is 24.0 Å². The van der Waals surface area contributed by atoms with E-state index in [0.29, 0.717) is 12.0 Å². The Hall–Kier alpha value is -1.05. The lowest BCUT2D eigenvalue weighted by molar-refractivity contribution is -0.116. The third-order valence-corrected chi connectivity index (χ3v) is 2.43. The third-order valence-electron chi connectivity index (χ3n) is 2.43. The van der Waals surface area contributed by atoms with Crippen LogP contribution in [0.1, 0.15) is 26.2 Å². The van der Waals surface area contributed by atoms with Crippen LogP contribution in [0.25, 0.3) is 0 Å². The number of aliphatic hydroxyl groups excluding tert-OH is 1. The summed E-state index contributed by atoms with van der Waals surface area (Å²) < 4.78 is 0. The number of hydrogen-bond donors (Lipinski definition) is 1. The SMILES string of the molecule is CCC1=C(O)C2=C(CC2=O)C1. The minimum absolute atomic E-state index is 0.112. The van der Waals surface area contributed by atoms with E-state index in [1.54, 1.807) is 0 Å². The smallest absolute Gasteiger partial charge is 0.170 e. The van der Waals surface area contributed by atoms with E-state index in [0.717, 1.165) is 24.0 Å². The highest BCUT2D eigenvalue weighted by molar-refractivity contribution is 6.09. The van der Waals surface area contributed by atoms with Gasteiger partial charge in [0.15, 0.2) is 5.78 Å². The minimum Gasteiger partial charge on any atom is -0.507 e. The highest BCUT2D eigenvalue weighted by Crippen LogP contribution is 2.42. The molecule has 0 spiro atoms. The average Bonchev–Trinajstić information content (AvgIpc) is 2.20. The normalized spacial score (nSPS) is 22.5. The number of aliphatic hydroxyl groups is 1. The van der Waals surface area contributed by atoms with Crippen molar-refractivity contribution in [3.63, 3.8) is 0 Å². The zero-order chi connectivity index (χ0) is 8.01. The van der Waals surface area contributed by atoms with Crippen LogP contribution < -0.4 is 0 Å². The molecule has 58 valence electrons. The van der Waals surface area contributed by atoms with Gasteiger partial charge in [-0.25, -0.2) is 0 Å². The van der Waals surface area contributed by atoms with Crippen molar-refractivity contribution in [3.05, 3.63) is 22.5 Å². The van der Waals surface area contributed by atoms with E-state index < -0.39 is 0 Å². The molecule has 11 heavy (non-hydrogen) atoms. The van der Waals surface area contributed by atoms with E-state index in [1.165, 1.54) is 0 Å². The third kappa shape index (κ3) is 0.694. The van der Waals surface area contributed by atoms with Crippen molar-refractivity contribution in [2.24, 2.45) is 0 Å². The molecule has 0 fully saturated rings. The quantitative estimate of drug-likeness (QED) is 0.619. The molecule has 0 bridgehead atoms. The van der Waals surface area contributed by atoms with Gasteiger partial charge in [-0.15, -0.1) is 0 Å². The molecule has 0 unspecified atom stereocenters. The second-order valence-corrected chi connectivity index (χ2v) is 3.06. The number of hydrogen-bond acceptors (Lipinski definition) is 2. The van der Waals surface area contributed by atoms with Crippen LogP contribution in [-0.2, 0) is 4.79 Å². The monoisotopic (exact) mass is 150 g/mol. The second kappa shape index (κ2) is 1.97. The summed E-state index contributed by atoms with van der Waals surface area (Å²) in [6.45, 7) is 2.00. The fourth-order valence-electron chi connectivity index (χ4n) is 1.72. The molecule has 2 nitrogen and oxygen atoms in total. The Morgan fingerprint density at radius 2 is 2.18 bits per heavy atom. The van der Waals surface area contributed by atoms with Crippen molar-refractivity contribution >= 4 is 5.78 Å². The molecule has 0 saturated heterocycles. The second-order valence-electron chi connectivity index (χ2n) is 3.06. The lowest BCUT2D eigenvalue weighted by atomic mass is 9.89. The Morgan fingerprint density at radius 3 is 2.64 bits per heavy atom. The van der Waals surface area contributed by atoms with Gasteiger partial charge in [0, 0.05) is 6.42 Å². The van der Waals surface area contributed by atoms with Gasteiger partial charge in [0.05, 0.1) is 5.57 Å². The summed E-state index contributed by atoms with van der Waals surface area (Å²) >= 11 is 0. The fraction of sp³-hybridized carbons (Fsp3) is 0.444. The maximum Gasteiger partial charge on any atom is 0.170 e. The molecular weight excluding hydrogens is 140 g/mol. The molecule has 2 heteroatoms. The highest BCUT2D eigenvalue weighted by Gasteiger charge is 2.36. The molecule has 2 aliphatic rings. The first kappa shape index (κ1) is 6.65. The molecular formula is C9H10O2. The van der Waals surface area contributed by atoms with Crippen LogP contribution in [0.2, 0.25) is 0 Å². The minimum atomic E-state index is 0.112. The van der Waals surface area contributed by atoms with E-state index >= 15 is 0 Å². The van der Waals surface area contributed by atoms with Crippen LogP contribution in [0.4, 0.5) is 0 Å². The van der Waals surface area contributed by atoms with Gasteiger partial charge in [-0.1, -0.05) is 6.92 Å². The van der Waals surface area contributed by atoms with Gasteiger partial charge in [0.2, 0.25) is 0 Å². The molecule has 0 aliphatic heterocycles. The van der Waals surface area contributed by atoms with E-state index in [2.05, 4.69) is 0 Å². The fourth-order valence-corrected chi connectivity index (χ4v) is 1.72. The van der Waals surface area contributed by atoms with Gasteiger partial charge >= 0.3 is 0 Å². The van der Waals surface area contributed by atoms with Crippen LogP contribution in [0, 0.1) is 0 Å². The Labute approximate surface area is 65.2 Å². The largest absolute Gasteiger partial charge is 0.507 e. The van der Waals surface area contributed by atoms with Crippen molar-refractivity contribution in [1.29, 1.82) is 0 Å². The first-order valence-corrected chi connectivity index (χ1v) is 3.90. The van der Waals surface area contributed by atoms with Gasteiger partial charge in [0.1, 0.15) is 5.76 Å². The standard InChI is InChI=1S/C9H10O2/c1-2-5-3-6-4-7(10)8(6)9(5)11/h11H,2-4H2,1H3. The highest BCUT2D eigenvalue weighted by atomic mass is 16.3. The molecule has 2 rings (SSSR count). The molecule has 0 aromatic rings. The molecule has 0 saturated carbocycles. The van der Waals surface area contributed by atoms with Gasteiger partial charge in [0.25, 0.3) is 0 Å². The molecule has 0 aromatic carbocycles. The maximum absolute atomic E-state index is 10.9. The number of carbonyl (C=O) groups excluding carboxylic acids is 1. The van der Waals surface area contributed by atoms with Crippen LogP contribution in [0.5, 0.6) is 0 Å². The molecule has 0 heterocycles. The van der Waals surface area contributed by atoms with Crippen molar-refractivity contribution < 1.29 is 9.90 Å².